The van der Waals surface area contributed by atoms with E-state index in [2.05, 4.69) is 20.5 Å². The van der Waals surface area contributed by atoms with Crippen molar-refractivity contribution in [1.29, 1.82) is 0 Å². The lowest BCUT2D eigenvalue weighted by molar-refractivity contribution is -0.123. The Balaban J connectivity index is 1.77. The van der Waals surface area contributed by atoms with Gasteiger partial charge in [0, 0.05) is 17.8 Å². The van der Waals surface area contributed by atoms with E-state index >= 15 is 0 Å². The second-order valence-corrected chi connectivity index (χ2v) is 7.92. The topological polar surface area (TPSA) is 91.0 Å². The third kappa shape index (κ3) is 4.66. The maximum atomic E-state index is 13.7. The molecule has 2 amide bonds. The van der Waals surface area contributed by atoms with Gasteiger partial charge in [-0.25, -0.2) is 0 Å². The molecule has 0 bridgehead atoms. The van der Waals surface area contributed by atoms with Crippen molar-refractivity contribution >= 4 is 17.5 Å². The zero-order chi connectivity index (χ0) is 21.6. The van der Waals surface area contributed by atoms with Gasteiger partial charge in [0.05, 0.1) is 23.3 Å². The van der Waals surface area contributed by atoms with Gasteiger partial charge >= 0.3 is 0 Å². The van der Waals surface area contributed by atoms with Crippen LogP contribution < -0.4 is 10.2 Å². The quantitative estimate of drug-likeness (QED) is 0.635. The summed E-state index contributed by atoms with van der Waals surface area (Å²) in [5.74, 6) is -0.505. The number of pyridine rings is 1. The zero-order valence-electron chi connectivity index (χ0n) is 17.6. The van der Waals surface area contributed by atoms with Gasteiger partial charge in [-0.2, -0.15) is 5.10 Å². The first kappa shape index (κ1) is 20.8. The first-order chi connectivity index (χ1) is 15.1. The Hall–Kier alpha value is -3.48. The van der Waals surface area contributed by atoms with E-state index in [0.29, 0.717) is 22.6 Å². The van der Waals surface area contributed by atoms with Crippen molar-refractivity contribution < 1.29 is 9.59 Å². The number of amides is 2. The van der Waals surface area contributed by atoms with Crippen LogP contribution in [-0.4, -0.2) is 33.0 Å². The van der Waals surface area contributed by atoms with Gasteiger partial charge < -0.3 is 5.32 Å². The van der Waals surface area contributed by atoms with Crippen molar-refractivity contribution in [3.05, 3.63) is 77.9 Å². The highest BCUT2D eigenvalue weighted by atomic mass is 16.2. The number of carbonyl (C=O) groups excluding carboxylic acids is 2. The Kier molecular flexibility index (Phi) is 6.40. The number of carbonyl (C=O) groups is 2. The van der Waals surface area contributed by atoms with Crippen LogP contribution >= 0.6 is 0 Å². The Labute approximate surface area is 181 Å². The molecule has 0 radical (unpaired) electrons. The molecular formula is C24H27N5O2. The number of aryl methyl sites for hydroxylation is 1. The lowest BCUT2D eigenvalue weighted by Gasteiger charge is -2.32. The van der Waals surface area contributed by atoms with Gasteiger partial charge in [-0.05, 0) is 44.0 Å². The molecule has 1 aliphatic carbocycles. The summed E-state index contributed by atoms with van der Waals surface area (Å²) in [6, 6.07) is 13.6. The summed E-state index contributed by atoms with van der Waals surface area (Å²) in [6.07, 6.45) is 8.54. The monoisotopic (exact) mass is 417 g/mol. The van der Waals surface area contributed by atoms with Crippen LogP contribution in [0.5, 0.6) is 0 Å². The first-order valence-corrected chi connectivity index (χ1v) is 10.7. The van der Waals surface area contributed by atoms with E-state index in [0.717, 1.165) is 25.7 Å². The average Bonchev–Trinajstić information content (AvgIpc) is 3.24. The molecule has 1 atom stereocenters. The minimum Gasteiger partial charge on any atom is -0.351 e. The van der Waals surface area contributed by atoms with Gasteiger partial charge in [0.15, 0.2) is 6.04 Å². The second-order valence-electron chi connectivity index (χ2n) is 7.92. The molecule has 0 aliphatic heterocycles. The smallest absolute Gasteiger partial charge is 0.259 e. The van der Waals surface area contributed by atoms with E-state index in [1.165, 1.54) is 11.3 Å². The first-order valence-electron chi connectivity index (χ1n) is 10.7. The van der Waals surface area contributed by atoms with Crippen LogP contribution in [0.25, 0.3) is 0 Å². The van der Waals surface area contributed by atoms with E-state index in [4.69, 9.17) is 0 Å². The van der Waals surface area contributed by atoms with Crippen molar-refractivity contribution in [1.82, 2.24) is 20.5 Å². The summed E-state index contributed by atoms with van der Waals surface area (Å²) < 4.78 is 0. The molecule has 2 N–H and O–H groups in total. The highest BCUT2D eigenvalue weighted by Crippen LogP contribution is 2.31. The second kappa shape index (κ2) is 9.55. The van der Waals surface area contributed by atoms with Crippen molar-refractivity contribution in [3.63, 3.8) is 0 Å². The molecule has 31 heavy (non-hydrogen) atoms. The van der Waals surface area contributed by atoms with E-state index < -0.39 is 6.04 Å². The molecule has 2 aromatic heterocycles. The molecular weight excluding hydrogens is 390 g/mol. The molecule has 4 rings (SSSR count). The number of H-pyrrole nitrogens is 1. The summed E-state index contributed by atoms with van der Waals surface area (Å²) >= 11 is 0. The van der Waals surface area contributed by atoms with Crippen LogP contribution in [0.4, 0.5) is 5.69 Å². The lowest BCUT2D eigenvalue weighted by Crippen LogP contribution is -2.47. The maximum Gasteiger partial charge on any atom is 0.259 e. The highest BCUT2D eigenvalue weighted by Gasteiger charge is 2.36. The molecule has 2 heterocycles. The normalized spacial score (nSPS) is 15.3. The van der Waals surface area contributed by atoms with Gasteiger partial charge in [-0.3, -0.25) is 24.6 Å². The third-order valence-corrected chi connectivity index (χ3v) is 5.73. The molecule has 7 heteroatoms. The summed E-state index contributed by atoms with van der Waals surface area (Å²) in [6.45, 7) is 1.84. The number of anilines is 1. The summed E-state index contributed by atoms with van der Waals surface area (Å²) in [4.78, 5) is 33.3. The zero-order valence-corrected chi connectivity index (χ0v) is 17.6. The number of nitrogens with zero attached hydrogens (tertiary/aromatic N) is 3. The van der Waals surface area contributed by atoms with E-state index in [-0.39, 0.29) is 17.9 Å². The molecule has 3 aromatic rings. The standard InChI is InChI=1S/C24H27N5O2/c1-17-21(16-26-28-17)29(24(31)18-10-4-2-5-11-18)22(20-14-8-9-15-25-20)23(30)27-19-12-6-3-7-13-19/h2,4-5,8-11,14-16,19,22H,3,6-7,12-13H2,1H3,(H,26,28)(H,27,30). The summed E-state index contributed by atoms with van der Waals surface area (Å²) in [7, 11) is 0. The number of rotatable bonds is 6. The molecule has 1 aromatic carbocycles. The maximum absolute atomic E-state index is 13.7. The predicted octanol–water partition coefficient (Wildman–Crippen LogP) is 3.95. The molecule has 1 fully saturated rings. The van der Waals surface area contributed by atoms with Crippen LogP contribution in [0.15, 0.2) is 60.9 Å². The summed E-state index contributed by atoms with van der Waals surface area (Å²) in [5.41, 5.74) is 2.27. The molecule has 1 saturated carbocycles. The highest BCUT2D eigenvalue weighted by molar-refractivity contribution is 6.10. The van der Waals surface area contributed by atoms with Gasteiger partial charge in [0.25, 0.3) is 5.91 Å². The fourth-order valence-electron chi connectivity index (χ4n) is 4.12. The van der Waals surface area contributed by atoms with Crippen LogP contribution in [0, 0.1) is 6.92 Å². The minimum absolute atomic E-state index is 0.117. The van der Waals surface area contributed by atoms with Gasteiger partial charge in [-0.1, -0.05) is 43.5 Å². The predicted molar refractivity (Wildman–Crippen MR) is 119 cm³/mol. The van der Waals surface area contributed by atoms with E-state index in [9.17, 15) is 9.59 Å². The third-order valence-electron chi connectivity index (χ3n) is 5.73. The number of nitrogens with one attached hydrogen (secondary N) is 2. The van der Waals surface area contributed by atoms with Crippen molar-refractivity contribution in [3.8, 4) is 0 Å². The van der Waals surface area contributed by atoms with Gasteiger partial charge in [-0.15, -0.1) is 0 Å². The Morgan fingerprint density at radius 2 is 1.81 bits per heavy atom. The Bertz CT molecular complexity index is 1010. The number of aromatic nitrogens is 3. The average molecular weight is 418 g/mol. The molecule has 160 valence electrons. The largest absolute Gasteiger partial charge is 0.351 e. The SMILES string of the molecule is Cc1[nH]ncc1N(C(=O)c1ccccc1)C(C(=O)NC1CCCCC1)c1ccccn1. The minimum atomic E-state index is -0.910. The molecule has 0 saturated heterocycles. The van der Waals surface area contributed by atoms with Crippen molar-refractivity contribution in [2.75, 3.05) is 4.90 Å². The lowest BCUT2D eigenvalue weighted by atomic mass is 9.95. The molecule has 7 nitrogen and oxygen atoms in total. The Morgan fingerprint density at radius 3 is 2.45 bits per heavy atom. The van der Waals surface area contributed by atoms with Crippen molar-refractivity contribution in [2.24, 2.45) is 0 Å². The number of aromatic amines is 1. The van der Waals surface area contributed by atoms with Crippen LogP contribution in [-0.2, 0) is 4.79 Å². The molecule has 0 spiro atoms. The van der Waals surface area contributed by atoms with E-state index in [1.54, 1.807) is 36.7 Å². The fraction of sp³-hybridized carbons (Fsp3) is 0.333. The van der Waals surface area contributed by atoms with Crippen LogP contribution in [0.3, 0.4) is 0 Å². The fourth-order valence-corrected chi connectivity index (χ4v) is 4.12. The number of benzene rings is 1. The van der Waals surface area contributed by atoms with E-state index in [1.807, 2.05) is 31.2 Å². The number of hydrogen-bond donors (Lipinski definition) is 2. The van der Waals surface area contributed by atoms with Crippen molar-refractivity contribution in [2.45, 2.75) is 51.1 Å². The van der Waals surface area contributed by atoms with Gasteiger partial charge in [0.2, 0.25) is 5.91 Å². The summed E-state index contributed by atoms with van der Waals surface area (Å²) in [5, 5.41) is 10.2. The van der Waals surface area contributed by atoms with Crippen LogP contribution in [0.1, 0.15) is 59.9 Å². The molecule has 1 unspecified atom stereocenters. The molecule has 1 aliphatic rings. The Morgan fingerprint density at radius 1 is 1.06 bits per heavy atom. The van der Waals surface area contributed by atoms with Crippen LogP contribution in [0.2, 0.25) is 0 Å². The van der Waals surface area contributed by atoms with Gasteiger partial charge in [0.1, 0.15) is 0 Å². The number of hydrogen-bond acceptors (Lipinski definition) is 4.